The van der Waals surface area contributed by atoms with E-state index >= 15 is 0 Å². The van der Waals surface area contributed by atoms with Crippen LogP contribution >= 0.6 is 34.8 Å². The predicted molar refractivity (Wildman–Crippen MR) is 79.7 cm³/mol. The SMILES string of the molecule is CC(=O)NCC(=O)OCC(=O)Nc1cc(Cl)c(Cl)cc1Cl. The Morgan fingerprint density at radius 1 is 1.10 bits per heavy atom. The molecule has 0 radical (unpaired) electrons. The van der Waals surface area contributed by atoms with Gasteiger partial charge in [-0.05, 0) is 12.1 Å². The van der Waals surface area contributed by atoms with Crippen molar-refractivity contribution >= 4 is 58.3 Å². The zero-order chi connectivity index (χ0) is 16.0. The van der Waals surface area contributed by atoms with Gasteiger partial charge < -0.3 is 15.4 Å². The summed E-state index contributed by atoms with van der Waals surface area (Å²) in [6, 6.07) is 2.76. The lowest BCUT2D eigenvalue weighted by molar-refractivity contribution is -0.147. The summed E-state index contributed by atoms with van der Waals surface area (Å²) in [5, 5.41) is 5.33. The highest BCUT2D eigenvalue weighted by Crippen LogP contribution is 2.32. The van der Waals surface area contributed by atoms with E-state index in [9.17, 15) is 14.4 Å². The fourth-order valence-corrected chi connectivity index (χ4v) is 1.79. The van der Waals surface area contributed by atoms with Gasteiger partial charge in [-0.15, -0.1) is 0 Å². The molecule has 0 aliphatic rings. The third-order valence-electron chi connectivity index (χ3n) is 2.13. The highest BCUT2D eigenvalue weighted by atomic mass is 35.5. The van der Waals surface area contributed by atoms with E-state index in [1.54, 1.807) is 0 Å². The molecule has 0 bridgehead atoms. The molecule has 1 aromatic carbocycles. The van der Waals surface area contributed by atoms with Gasteiger partial charge in [0, 0.05) is 6.92 Å². The molecule has 21 heavy (non-hydrogen) atoms. The molecule has 6 nitrogen and oxygen atoms in total. The average molecular weight is 354 g/mol. The van der Waals surface area contributed by atoms with Gasteiger partial charge in [0.05, 0.1) is 20.8 Å². The van der Waals surface area contributed by atoms with E-state index in [1.165, 1.54) is 19.1 Å². The van der Waals surface area contributed by atoms with Crippen molar-refractivity contribution in [3.63, 3.8) is 0 Å². The highest BCUT2D eigenvalue weighted by Gasteiger charge is 2.11. The standard InChI is InChI=1S/C12H11Cl3N2O4/c1-6(18)16-4-12(20)21-5-11(19)17-10-3-8(14)7(13)2-9(10)15/h2-3H,4-5H2,1H3,(H,16,18)(H,17,19). The maximum atomic E-state index is 11.6. The lowest BCUT2D eigenvalue weighted by Gasteiger charge is -2.09. The van der Waals surface area contributed by atoms with E-state index in [2.05, 4.69) is 15.4 Å². The molecule has 9 heteroatoms. The molecule has 0 aliphatic heterocycles. The monoisotopic (exact) mass is 352 g/mol. The molecule has 0 unspecified atom stereocenters. The fraction of sp³-hybridized carbons (Fsp3) is 0.250. The smallest absolute Gasteiger partial charge is 0.325 e. The minimum atomic E-state index is -0.736. The first kappa shape index (κ1) is 17.6. The summed E-state index contributed by atoms with van der Waals surface area (Å²) in [4.78, 5) is 33.4. The first-order valence-electron chi connectivity index (χ1n) is 5.64. The van der Waals surface area contributed by atoms with Crippen LogP contribution in [0.3, 0.4) is 0 Å². The van der Waals surface area contributed by atoms with Crippen molar-refractivity contribution in [2.45, 2.75) is 6.92 Å². The summed E-state index contributed by atoms with van der Waals surface area (Å²) in [5.41, 5.74) is 0.244. The second kappa shape index (κ2) is 8.07. The van der Waals surface area contributed by atoms with Crippen LogP contribution in [0.2, 0.25) is 15.1 Å². The Hall–Kier alpha value is -1.50. The average Bonchev–Trinajstić information content (AvgIpc) is 2.40. The van der Waals surface area contributed by atoms with E-state index in [-0.39, 0.29) is 33.2 Å². The Morgan fingerprint density at radius 2 is 1.71 bits per heavy atom. The number of nitrogens with one attached hydrogen (secondary N) is 2. The Bertz CT molecular complexity index is 578. The van der Waals surface area contributed by atoms with Gasteiger partial charge in [0.2, 0.25) is 5.91 Å². The number of anilines is 1. The number of amides is 2. The van der Waals surface area contributed by atoms with Crippen LogP contribution in [0.5, 0.6) is 0 Å². The van der Waals surface area contributed by atoms with Crippen molar-refractivity contribution in [3.8, 4) is 0 Å². The third kappa shape index (κ3) is 6.20. The number of carbonyl (C=O) groups excluding carboxylic acids is 3. The van der Waals surface area contributed by atoms with Gasteiger partial charge in [0.15, 0.2) is 6.61 Å². The fourth-order valence-electron chi connectivity index (χ4n) is 1.20. The molecule has 0 atom stereocenters. The highest BCUT2D eigenvalue weighted by molar-refractivity contribution is 6.44. The molecular formula is C12H11Cl3N2O4. The van der Waals surface area contributed by atoms with Crippen LogP contribution in [0.15, 0.2) is 12.1 Å². The quantitative estimate of drug-likeness (QED) is 0.628. The van der Waals surface area contributed by atoms with Crippen molar-refractivity contribution in [3.05, 3.63) is 27.2 Å². The second-order valence-corrected chi connectivity index (χ2v) is 5.09. The van der Waals surface area contributed by atoms with Gasteiger partial charge in [0.1, 0.15) is 6.54 Å². The van der Waals surface area contributed by atoms with E-state index in [4.69, 9.17) is 34.8 Å². The number of hydrogen-bond acceptors (Lipinski definition) is 4. The van der Waals surface area contributed by atoms with Gasteiger partial charge in [-0.3, -0.25) is 14.4 Å². The van der Waals surface area contributed by atoms with Crippen LogP contribution in [0.1, 0.15) is 6.92 Å². The van der Waals surface area contributed by atoms with E-state index in [0.717, 1.165) is 0 Å². The summed E-state index contributed by atoms with van der Waals surface area (Å²) >= 11 is 17.4. The van der Waals surface area contributed by atoms with Gasteiger partial charge in [-0.1, -0.05) is 34.8 Å². The van der Waals surface area contributed by atoms with Gasteiger partial charge >= 0.3 is 5.97 Å². The topological polar surface area (TPSA) is 84.5 Å². The number of ether oxygens (including phenoxy) is 1. The third-order valence-corrected chi connectivity index (χ3v) is 3.16. The molecule has 2 N–H and O–H groups in total. The molecular weight excluding hydrogens is 343 g/mol. The van der Waals surface area contributed by atoms with Gasteiger partial charge in [-0.2, -0.15) is 0 Å². The van der Waals surface area contributed by atoms with Crippen LogP contribution in [-0.4, -0.2) is 30.9 Å². The first-order valence-corrected chi connectivity index (χ1v) is 6.77. The predicted octanol–water partition coefficient (Wildman–Crippen LogP) is 2.26. The summed E-state index contributed by atoms with van der Waals surface area (Å²) < 4.78 is 4.65. The minimum absolute atomic E-state index is 0.197. The summed E-state index contributed by atoms with van der Waals surface area (Å²) in [5.74, 6) is -1.72. The van der Waals surface area contributed by atoms with Crippen LogP contribution in [0.25, 0.3) is 0 Å². The molecule has 0 aliphatic carbocycles. The van der Waals surface area contributed by atoms with Crippen LogP contribution in [0, 0.1) is 0 Å². The number of benzene rings is 1. The lowest BCUT2D eigenvalue weighted by Crippen LogP contribution is -2.30. The Morgan fingerprint density at radius 3 is 2.33 bits per heavy atom. The van der Waals surface area contributed by atoms with Crippen molar-refractivity contribution < 1.29 is 19.1 Å². The zero-order valence-electron chi connectivity index (χ0n) is 10.8. The van der Waals surface area contributed by atoms with Crippen molar-refractivity contribution in [1.29, 1.82) is 0 Å². The number of hydrogen-bond donors (Lipinski definition) is 2. The van der Waals surface area contributed by atoms with E-state index in [0.29, 0.717) is 0 Å². The molecule has 0 aromatic heterocycles. The van der Waals surface area contributed by atoms with Crippen molar-refractivity contribution in [2.75, 3.05) is 18.5 Å². The molecule has 1 aromatic rings. The van der Waals surface area contributed by atoms with Crippen LogP contribution < -0.4 is 10.6 Å². The molecule has 0 saturated heterocycles. The number of carbonyl (C=O) groups is 3. The molecule has 0 saturated carbocycles. The van der Waals surface area contributed by atoms with Gasteiger partial charge in [-0.25, -0.2) is 0 Å². The maximum Gasteiger partial charge on any atom is 0.325 e. The van der Waals surface area contributed by atoms with Crippen molar-refractivity contribution in [1.82, 2.24) is 5.32 Å². The molecule has 0 fully saturated rings. The Balaban J connectivity index is 2.49. The summed E-state index contributed by atoms with van der Waals surface area (Å²) in [6.45, 7) is 0.428. The van der Waals surface area contributed by atoms with Gasteiger partial charge in [0.25, 0.3) is 5.91 Å². The van der Waals surface area contributed by atoms with E-state index in [1.807, 2.05) is 0 Å². The molecule has 114 valence electrons. The van der Waals surface area contributed by atoms with Crippen molar-refractivity contribution in [2.24, 2.45) is 0 Å². The van der Waals surface area contributed by atoms with E-state index < -0.39 is 18.5 Å². The molecule has 1 rings (SSSR count). The minimum Gasteiger partial charge on any atom is -0.454 e. The maximum absolute atomic E-state index is 11.6. The molecule has 0 heterocycles. The lowest BCUT2D eigenvalue weighted by atomic mass is 10.3. The van der Waals surface area contributed by atoms with Crippen LogP contribution in [-0.2, 0) is 19.1 Å². The number of esters is 1. The van der Waals surface area contributed by atoms with Crippen LogP contribution in [0.4, 0.5) is 5.69 Å². The Kier molecular flexibility index (Phi) is 6.74. The summed E-state index contributed by atoms with van der Waals surface area (Å²) in [6.07, 6.45) is 0. The zero-order valence-corrected chi connectivity index (χ0v) is 13.1. The summed E-state index contributed by atoms with van der Waals surface area (Å²) in [7, 11) is 0. The molecule has 2 amide bonds. The normalized spacial score (nSPS) is 9.90. The largest absolute Gasteiger partial charge is 0.454 e. The Labute approximate surface area is 135 Å². The number of rotatable bonds is 5. The molecule has 0 spiro atoms. The number of halogens is 3. The second-order valence-electron chi connectivity index (χ2n) is 3.86. The first-order chi connectivity index (χ1) is 9.79.